The van der Waals surface area contributed by atoms with E-state index < -0.39 is 0 Å². The summed E-state index contributed by atoms with van der Waals surface area (Å²) in [6, 6.07) is 0. The van der Waals surface area contributed by atoms with Gasteiger partial charge in [-0.1, -0.05) is 13.3 Å². The van der Waals surface area contributed by atoms with Gasteiger partial charge in [-0.15, -0.1) is 0 Å². The van der Waals surface area contributed by atoms with E-state index in [0.717, 1.165) is 12.5 Å². The summed E-state index contributed by atoms with van der Waals surface area (Å²) in [5.74, 6) is 0.931. The Labute approximate surface area is 69.8 Å². The molecule has 0 amide bonds. The highest BCUT2D eigenvalue weighted by atomic mass is 15.2. The lowest BCUT2D eigenvalue weighted by molar-refractivity contribution is 0.00738. The molecule has 0 aromatic heterocycles. The Morgan fingerprint density at radius 2 is 2.00 bits per heavy atom. The van der Waals surface area contributed by atoms with Gasteiger partial charge in [-0.2, -0.15) is 0 Å². The van der Waals surface area contributed by atoms with E-state index in [1.165, 1.54) is 19.5 Å². The zero-order chi connectivity index (χ0) is 8.48. The average molecular weight is 156 g/mol. The maximum Gasteiger partial charge on any atom is 0.0275 e. The SMILES string of the molecule is CCC1CN(C(C)(C)CN)C1. The molecule has 1 heterocycles. The summed E-state index contributed by atoms with van der Waals surface area (Å²) in [6.07, 6.45) is 1.32. The fourth-order valence-electron chi connectivity index (χ4n) is 1.45. The molecule has 0 aliphatic carbocycles. The van der Waals surface area contributed by atoms with Gasteiger partial charge < -0.3 is 5.73 Å². The topological polar surface area (TPSA) is 29.3 Å². The maximum absolute atomic E-state index is 5.66. The monoisotopic (exact) mass is 156 g/mol. The quantitative estimate of drug-likeness (QED) is 0.662. The zero-order valence-corrected chi connectivity index (χ0v) is 7.93. The number of hydrogen-bond acceptors (Lipinski definition) is 2. The summed E-state index contributed by atoms with van der Waals surface area (Å²) in [6.45, 7) is 9.97. The molecule has 11 heavy (non-hydrogen) atoms. The van der Waals surface area contributed by atoms with Crippen molar-refractivity contribution in [1.29, 1.82) is 0 Å². The van der Waals surface area contributed by atoms with Gasteiger partial charge in [0.25, 0.3) is 0 Å². The normalized spacial score (nSPS) is 21.8. The molecule has 0 saturated carbocycles. The highest BCUT2D eigenvalue weighted by Crippen LogP contribution is 2.26. The standard InChI is InChI=1S/C9H20N2/c1-4-8-5-11(6-8)9(2,3)7-10/h8H,4-7,10H2,1-3H3. The average Bonchev–Trinajstić information content (AvgIpc) is 1.85. The molecule has 1 aliphatic rings. The third kappa shape index (κ3) is 1.74. The van der Waals surface area contributed by atoms with E-state index in [-0.39, 0.29) is 5.54 Å². The molecule has 66 valence electrons. The van der Waals surface area contributed by atoms with E-state index >= 15 is 0 Å². The van der Waals surface area contributed by atoms with E-state index in [1.807, 2.05) is 0 Å². The Morgan fingerprint density at radius 1 is 1.45 bits per heavy atom. The molecule has 1 saturated heterocycles. The first-order chi connectivity index (χ1) is 5.10. The molecule has 0 aromatic rings. The minimum atomic E-state index is 0.228. The Bertz CT molecular complexity index is 126. The predicted molar refractivity (Wildman–Crippen MR) is 48.5 cm³/mol. The van der Waals surface area contributed by atoms with E-state index in [1.54, 1.807) is 0 Å². The largest absolute Gasteiger partial charge is 0.329 e. The van der Waals surface area contributed by atoms with Crippen LogP contribution in [0.25, 0.3) is 0 Å². The Balaban J connectivity index is 2.31. The lowest BCUT2D eigenvalue weighted by Crippen LogP contribution is -2.59. The van der Waals surface area contributed by atoms with Crippen LogP contribution in [0.3, 0.4) is 0 Å². The van der Waals surface area contributed by atoms with Crippen molar-refractivity contribution < 1.29 is 0 Å². The maximum atomic E-state index is 5.66. The molecule has 0 aromatic carbocycles. The first-order valence-corrected chi connectivity index (χ1v) is 4.55. The van der Waals surface area contributed by atoms with E-state index in [9.17, 15) is 0 Å². The van der Waals surface area contributed by atoms with Crippen LogP contribution in [0.2, 0.25) is 0 Å². The van der Waals surface area contributed by atoms with Gasteiger partial charge in [0.2, 0.25) is 0 Å². The van der Waals surface area contributed by atoms with Crippen molar-refractivity contribution in [2.24, 2.45) is 11.7 Å². The van der Waals surface area contributed by atoms with Crippen LogP contribution in [0.1, 0.15) is 27.2 Å². The summed E-state index contributed by atoms with van der Waals surface area (Å²) in [7, 11) is 0. The first-order valence-electron chi connectivity index (χ1n) is 4.55. The van der Waals surface area contributed by atoms with Gasteiger partial charge in [-0.3, -0.25) is 4.90 Å². The Hall–Kier alpha value is -0.0800. The lowest BCUT2D eigenvalue weighted by atomic mass is 9.90. The van der Waals surface area contributed by atoms with Gasteiger partial charge in [0, 0.05) is 25.2 Å². The van der Waals surface area contributed by atoms with Crippen LogP contribution in [0.4, 0.5) is 0 Å². The molecule has 1 rings (SSSR count). The molecule has 2 N–H and O–H groups in total. The van der Waals surface area contributed by atoms with Crippen LogP contribution < -0.4 is 5.73 Å². The summed E-state index contributed by atoms with van der Waals surface area (Å²) >= 11 is 0. The molecule has 2 nitrogen and oxygen atoms in total. The second-order valence-corrected chi connectivity index (χ2v) is 4.20. The summed E-state index contributed by atoms with van der Waals surface area (Å²) < 4.78 is 0. The van der Waals surface area contributed by atoms with Gasteiger partial charge in [0.15, 0.2) is 0 Å². The number of rotatable bonds is 3. The van der Waals surface area contributed by atoms with Crippen LogP contribution in [-0.2, 0) is 0 Å². The highest BCUT2D eigenvalue weighted by Gasteiger charge is 2.34. The third-order valence-electron chi connectivity index (χ3n) is 2.89. The Kier molecular flexibility index (Phi) is 2.55. The molecular weight excluding hydrogens is 136 g/mol. The summed E-state index contributed by atoms with van der Waals surface area (Å²) in [5.41, 5.74) is 5.89. The second-order valence-electron chi connectivity index (χ2n) is 4.20. The first kappa shape index (κ1) is 9.01. The summed E-state index contributed by atoms with van der Waals surface area (Å²) in [5, 5.41) is 0. The highest BCUT2D eigenvalue weighted by molar-refractivity contribution is 4.91. The van der Waals surface area contributed by atoms with Gasteiger partial charge in [-0.25, -0.2) is 0 Å². The molecular formula is C9H20N2. The smallest absolute Gasteiger partial charge is 0.0275 e. The van der Waals surface area contributed by atoms with E-state index in [4.69, 9.17) is 5.73 Å². The lowest BCUT2D eigenvalue weighted by Gasteiger charge is -2.48. The van der Waals surface area contributed by atoms with Crippen LogP contribution >= 0.6 is 0 Å². The molecule has 0 unspecified atom stereocenters. The minimum absolute atomic E-state index is 0.228. The fourth-order valence-corrected chi connectivity index (χ4v) is 1.45. The number of likely N-dealkylation sites (tertiary alicyclic amines) is 1. The molecule has 1 aliphatic heterocycles. The zero-order valence-electron chi connectivity index (χ0n) is 7.93. The van der Waals surface area contributed by atoms with Crippen molar-refractivity contribution in [2.75, 3.05) is 19.6 Å². The third-order valence-corrected chi connectivity index (χ3v) is 2.89. The minimum Gasteiger partial charge on any atom is -0.329 e. The summed E-state index contributed by atoms with van der Waals surface area (Å²) in [4.78, 5) is 2.47. The Morgan fingerprint density at radius 3 is 2.36 bits per heavy atom. The molecule has 0 bridgehead atoms. The fraction of sp³-hybridized carbons (Fsp3) is 1.00. The predicted octanol–water partition coefficient (Wildman–Crippen LogP) is 1.07. The van der Waals surface area contributed by atoms with E-state index in [2.05, 4.69) is 25.7 Å². The van der Waals surface area contributed by atoms with Gasteiger partial charge in [0.1, 0.15) is 0 Å². The van der Waals surface area contributed by atoms with Crippen molar-refractivity contribution >= 4 is 0 Å². The van der Waals surface area contributed by atoms with Crippen LogP contribution in [0.15, 0.2) is 0 Å². The number of hydrogen-bond donors (Lipinski definition) is 1. The van der Waals surface area contributed by atoms with Gasteiger partial charge in [-0.05, 0) is 19.8 Å². The number of nitrogens with two attached hydrogens (primary N) is 1. The van der Waals surface area contributed by atoms with E-state index in [0.29, 0.717) is 0 Å². The van der Waals surface area contributed by atoms with Crippen molar-refractivity contribution in [1.82, 2.24) is 4.90 Å². The van der Waals surface area contributed by atoms with Crippen molar-refractivity contribution in [2.45, 2.75) is 32.7 Å². The van der Waals surface area contributed by atoms with Crippen LogP contribution in [0, 0.1) is 5.92 Å². The number of nitrogens with zero attached hydrogens (tertiary/aromatic N) is 1. The molecule has 0 spiro atoms. The van der Waals surface area contributed by atoms with Crippen molar-refractivity contribution in [3.05, 3.63) is 0 Å². The second kappa shape index (κ2) is 3.11. The van der Waals surface area contributed by atoms with Gasteiger partial charge >= 0.3 is 0 Å². The van der Waals surface area contributed by atoms with Crippen LogP contribution in [0.5, 0.6) is 0 Å². The molecule has 2 heteroatoms. The molecule has 1 fully saturated rings. The van der Waals surface area contributed by atoms with Crippen molar-refractivity contribution in [3.63, 3.8) is 0 Å². The van der Waals surface area contributed by atoms with Crippen molar-refractivity contribution in [3.8, 4) is 0 Å². The molecule has 0 atom stereocenters. The van der Waals surface area contributed by atoms with Gasteiger partial charge in [0.05, 0.1) is 0 Å². The van der Waals surface area contributed by atoms with Crippen LogP contribution in [-0.4, -0.2) is 30.1 Å². The molecule has 0 radical (unpaired) electrons.